The van der Waals surface area contributed by atoms with Crippen molar-refractivity contribution in [2.24, 2.45) is 0 Å². The highest BCUT2D eigenvalue weighted by Crippen LogP contribution is 2.63. The number of fused-ring (bicyclic) bond motifs is 9. The number of hydrogen-bond donors (Lipinski definition) is 0. The number of hydrogen-bond acceptors (Lipinski definition) is 16. The van der Waals surface area contributed by atoms with Gasteiger partial charge in [-0.1, -0.05) is 224 Å². The molecule has 0 bridgehead atoms. The predicted octanol–water partition coefficient (Wildman–Crippen LogP) is 13.9. The van der Waals surface area contributed by atoms with Gasteiger partial charge in [0.25, 0.3) is 5.69 Å². The summed E-state index contributed by atoms with van der Waals surface area (Å²) in [4.78, 5) is 45.0. The Bertz CT molecular complexity index is 4240. The smallest absolute Gasteiger partial charge is 0.339 e. The highest BCUT2D eigenvalue weighted by atomic mass is 16.8. The third kappa shape index (κ3) is 10.5. The summed E-state index contributed by atoms with van der Waals surface area (Å²) in [6.07, 6.45) is -8.05. The molecule has 0 amide bonds. The number of ether oxygens (including phenoxy) is 12. The van der Waals surface area contributed by atoms with Crippen molar-refractivity contribution < 1.29 is 71.4 Å². The Hall–Kier alpha value is -10.8. The van der Waals surface area contributed by atoms with Gasteiger partial charge in [-0.2, -0.15) is 0 Å². The molecule has 0 spiro atoms. The molecule has 2 fully saturated rings. The van der Waals surface area contributed by atoms with Crippen LogP contribution >= 0.6 is 0 Å². The van der Waals surface area contributed by atoms with Crippen molar-refractivity contribution in [3.05, 3.63) is 314 Å². The van der Waals surface area contributed by atoms with Gasteiger partial charge < -0.3 is 56.8 Å². The van der Waals surface area contributed by atoms with E-state index in [0.717, 1.165) is 11.1 Å². The molecule has 0 saturated carbocycles. The van der Waals surface area contributed by atoms with Gasteiger partial charge in [0, 0.05) is 45.0 Å². The Morgan fingerprint density at radius 2 is 0.956 bits per heavy atom. The Morgan fingerprint density at radius 3 is 1.54 bits per heavy atom. The second kappa shape index (κ2) is 23.9. The van der Waals surface area contributed by atoms with Crippen LogP contribution < -0.4 is 28.4 Å². The van der Waals surface area contributed by atoms with Crippen LogP contribution in [0.5, 0.6) is 34.5 Å². The molecule has 0 N–H and O–H groups in total. The zero-order chi connectivity index (χ0) is 61.5. The van der Waals surface area contributed by atoms with Crippen molar-refractivity contribution in [3.8, 4) is 45.6 Å². The summed E-state index contributed by atoms with van der Waals surface area (Å²) in [6, 6.07) is 74.5. The molecule has 0 aliphatic carbocycles. The molecule has 0 radical (unpaired) electrons. The Labute approximate surface area is 521 Å². The molecule has 17 nitrogen and oxygen atoms in total. The number of benzene rings is 10. The molecule has 5 aliphatic heterocycles. The summed E-state index contributed by atoms with van der Waals surface area (Å²) in [7, 11) is 0. The van der Waals surface area contributed by atoms with Crippen LogP contribution in [-0.2, 0) is 59.8 Å². The minimum absolute atomic E-state index is 0.00133. The molecular formula is C74H55NO16. The van der Waals surface area contributed by atoms with Crippen LogP contribution in [0.4, 0.5) is 5.69 Å². The number of nitro groups is 1. The molecule has 91 heavy (non-hydrogen) atoms. The fraction of sp³-hybridized carbons (Fsp3) is 0.162. The molecule has 15 rings (SSSR count). The van der Waals surface area contributed by atoms with Crippen LogP contribution in [0.2, 0.25) is 0 Å². The van der Waals surface area contributed by atoms with Crippen LogP contribution in [0, 0.1) is 10.1 Å². The van der Waals surface area contributed by atoms with Crippen molar-refractivity contribution in [1.29, 1.82) is 0 Å². The first-order valence-electron chi connectivity index (χ1n) is 29.7. The van der Waals surface area contributed by atoms with Crippen molar-refractivity contribution in [2.75, 3.05) is 6.61 Å². The summed E-state index contributed by atoms with van der Waals surface area (Å²) < 4.78 is 83.6. The van der Waals surface area contributed by atoms with Gasteiger partial charge in [-0.15, -0.1) is 0 Å². The van der Waals surface area contributed by atoms with E-state index in [1.54, 1.807) is 12.1 Å². The van der Waals surface area contributed by atoms with Gasteiger partial charge in [-0.05, 0) is 29.3 Å². The lowest BCUT2D eigenvalue weighted by molar-refractivity contribution is -0.387. The fourth-order valence-electron chi connectivity index (χ4n) is 12.3. The third-order valence-corrected chi connectivity index (χ3v) is 16.6. The Balaban J connectivity index is 0.994. The minimum atomic E-state index is -1.78. The first-order valence-corrected chi connectivity index (χ1v) is 29.7. The van der Waals surface area contributed by atoms with E-state index in [9.17, 15) is 10.1 Å². The topological polar surface area (TPSA) is 188 Å². The summed E-state index contributed by atoms with van der Waals surface area (Å²) in [5.74, 6) is -5.32. The molecule has 452 valence electrons. The standard InChI is InChI=1S/C74H55NO16/c76-69-54-40-57(80-42-46-24-8-1-9-25-46)63-66(91-74(89-63,52-35-18-6-19-36-52)53-37-20-7-21-38-53)61(54)60-55(41-58-64(65(60)81-43-47-26-10-2-11-27-47)90-73(88-58,50-31-14-4-15-32-50)51-33-16-5-17-34-51)70(77)86-68-67(85-69)62-59(45-83-71(87-62)48-28-12-3-13-29-48)84-72(68)82-44-49-30-22-23-39-56(49)75(78)79/h1-41,59,62,67-68,71-72H,42-45H2/t59-,62-,67+,68-,71-,72-/m1/s1. The van der Waals surface area contributed by atoms with Crippen LogP contribution in [-0.4, -0.2) is 54.2 Å². The van der Waals surface area contributed by atoms with Gasteiger partial charge >= 0.3 is 23.5 Å². The largest absolute Gasteiger partial charge is 0.485 e. The van der Waals surface area contributed by atoms with E-state index in [2.05, 4.69) is 0 Å². The fourth-order valence-corrected chi connectivity index (χ4v) is 12.3. The molecule has 6 atom stereocenters. The van der Waals surface area contributed by atoms with Crippen molar-refractivity contribution in [3.63, 3.8) is 0 Å². The van der Waals surface area contributed by atoms with Gasteiger partial charge in [0.2, 0.25) is 11.5 Å². The van der Waals surface area contributed by atoms with Gasteiger partial charge in [0.15, 0.2) is 47.8 Å². The predicted molar refractivity (Wildman–Crippen MR) is 328 cm³/mol. The van der Waals surface area contributed by atoms with E-state index >= 15 is 9.59 Å². The minimum Gasteiger partial charge on any atom is -0.485 e. The number of para-hydroxylation sites is 1. The second-order valence-corrected chi connectivity index (χ2v) is 22.2. The number of carbonyl (C=O) groups is 2. The number of rotatable bonds is 15. The zero-order valence-electron chi connectivity index (χ0n) is 48.4. The molecule has 0 aromatic heterocycles. The van der Waals surface area contributed by atoms with E-state index in [1.165, 1.54) is 24.3 Å². The maximum absolute atomic E-state index is 16.6. The summed E-state index contributed by atoms with van der Waals surface area (Å²) in [5.41, 5.74) is 3.99. The molecule has 10 aromatic rings. The van der Waals surface area contributed by atoms with Gasteiger partial charge in [-0.3, -0.25) is 10.1 Å². The summed E-state index contributed by atoms with van der Waals surface area (Å²) in [5, 5.41) is 12.4. The van der Waals surface area contributed by atoms with Crippen LogP contribution in [0.25, 0.3) is 11.1 Å². The van der Waals surface area contributed by atoms with Gasteiger partial charge in [-0.25, -0.2) is 9.59 Å². The average Bonchev–Trinajstić information content (AvgIpc) is 1.61. The van der Waals surface area contributed by atoms with Crippen molar-refractivity contribution in [2.45, 2.75) is 68.4 Å². The van der Waals surface area contributed by atoms with Crippen LogP contribution in [0.1, 0.15) is 71.5 Å². The monoisotopic (exact) mass is 1210 g/mol. The second-order valence-electron chi connectivity index (χ2n) is 22.2. The van der Waals surface area contributed by atoms with E-state index in [4.69, 9.17) is 56.8 Å². The number of nitro benzene ring substituents is 1. The Kier molecular flexibility index (Phi) is 14.9. The van der Waals surface area contributed by atoms with Gasteiger partial charge in [0.05, 0.1) is 34.8 Å². The first kappa shape index (κ1) is 56.7. The van der Waals surface area contributed by atoms with E-state index in [0.29, 0.717) is 27.8 Å². The van der Waals surface area contributed by atoms with E-state index < -0.39 is 72.0 Å². The summed E-state index contributed by atoms with van der Waals surface area (Å²) in [6.45, 7) is -0.625. The maximum atomic E-state index is 16.6. The average molecular weight is 1210 g/mol. The maximum Gasteiger partial charge on any atom is 0.339 e. The molecule has 2 saturated heterocycles. The zero-order valence-corrected chi connectivity index (χ0v) is 48.4. The SMILES string of the molecule is O=C1O[C@H]2[C@H](OCc3ccccc3[N+](=O)[O-])O[C@@H]3CO[C@@H](c4ccccc4)O[C@H]3[C@@H]2OC(=O)c2cc(OCc3ccccc3)c3c(c2-c2c1cc1c(c2OCc2ccccc2)OC(c2ccccc2)(c2ccccc2)O1)OC(c1ccccc1)(c1ccccc1)O3. The normalized spacial score (nSPS) is 20.5. The first-order chi connectivity index (χ1) is 44.7. The number of nitrogens with zero attached hydrogens (tertiary/aromatic N) is 1. The summed E-state index contributed by atoms with van der Waals surface area (Å²) >= 11 is 0. The van der Waals surface area contributed by atoms with E-state index in [1.807, 2.05) is 212 Å². The number of carbonyl (C=O) groups excluding carboxylic acids is 2. The molecule has 10 aromatic carbocycles. The van der Waals surface area contributed by atoms with Crippen LogP contribution in [0.15, 0.2) is 249 Å². The van der Waals surface area contributed by atoms with Crippen LogP contribution in [0.3, 0.4) is 0 Å². The van der Waals surface area contributed by atoms with Crippen molar-refractivity contribution in [1.82, 2.24) is 0 Å². The van der Waals surface area contributed by atoms with Crippen molar-refractivity contribution >= 4 is 17.6 Å². The highest BCUT2D eigenvalue weighted by Gasteiger charge is 2.57. The molecule has 17 heteroatoms. The third-order valence-electron chi connectivity index (χ3n) is 16.6. The lowest BCUT2D eigenvalue weighted by Gasteiger charge is -2.48. The molecule has 0 unspecified atom stereocenters. The molecule has 5 heterocycles. The van der Waals surface area contributed by atoms with E-state index in [-0.39, 0.29) is 87.8 Å². The Morgan fingerprint density at radius 1 is 0.473 bits per heavy atom. The molecular weight excluding hydrogens is 1160 g/mol. The van der Waals surface area contributed by atoms with Gasteiger partial charge in [0.1, 0.15) is 25.4 Å². The number of esters is 2. The lowest BCUT2D eigenvalue weighted by atomic mass is 9.90. The quantitative estimate of drug-likeness (QED) is 0.0535. The lowest BCUT2D eigenvalue weighted by Crippen LogP contribution is -2.64. The molecule has 5 aliphatic rings. The highest BCUT2D eigenvalue weighted by molar-refractivity contribution is 6.09.